The number of aromatic nitrogens is 2. The molecule has 156 valence electrons. The van der Waals surface area contributed by atoms with E-state index in [1.807, 2.05) is 31.2 Å². The van der Waals surface area contributed by atoms with Crippen molar-refractivity contribution in [2.45, 2.75) is 13.5 Å². The molecule has 0 unspecified atom stereocenters. The highest BCUT2D eigenvalue weighted by Gasteiger charge is 2.24. The van der Waals surface area contributed by atoms with Crippen LogP contribution in [-0.4, -0.2) is 59.1 Å². The smallest absolute Gasteiger partial charge is 0.254 e. The van der Waals surface area contributed by atoms with E-state index in [9.17, 15) is 9.18 Å². The molecule has 8 heteroatoms. The number of hydrogen-bond acceptors (Lipinski definition) is 6. The fourth-order valence-electron chi connectivity index (χ4n) is 3.47. The van der Waals surface area contributed by atoms with Crippen LogP contribution in [0.1, 0.15) is 21.8 Å². The Bertz CT molecular complexity index is 1030. The molecule has 1 aromatic heterocycles. The normalized spacial score (nSPS) is 14.7. The first-order chi connectivity index (χ1) is 14.5. The molecule has 1 aliphatic rings. The van der Waals surface area contributed by atoms with Crippen LogP contribution in [0.4, 0.5) is 4.39 Å². The van der Waals surface area contributed by atoms with Gasteiger partial charge in [-0.05, 0) is 48.9 Å². The number of methoxy groups -OCH3 is 1. The van der Waals surface area contributed by atoms with E-state index in [4.69, 9.17) is 9.26 Å². The highest BCUT2D eigenvalue weighted by atomic mass is 19.1. The maximum absolute atomic E-state index is 13.5. The van der Waals surface area contributed by atoms with Gasteiger partial charge in [0.25, 0.3) is 5.91 Å². The minimum atomic E-state index is -0.397. The van der Waals surface area contributed by atoms with Crippen LogP contribution in [0.3, 0.4) is 0 Å². The third-order valence-electron chi connectivity index (χ3n) is 5.26. The summed E-state index contributed by atoms with van der Waals surface area (Å²) in [5.74, 6) is 1.30. The minimum Gasteiger partial charge on any atom is -0.497 e. The summed E-state index contributed by atoms with van der Waals surface area (Å²) in [5, 5.41) is 4.05. The standard InChI is InChI=1S/C22H23FN4O3/c1-15-3-6-17(23)13-19(15)22(28)27-11-9-26(10-12-27)14-20-24-21(25-30-20)16-4-7-18(29-2)8-5-16/h3-8,13H,9-12,14H2,1-2H3. The molecule has 1 fully saturated rings. The van der Waals surface area contributed by atoms with E-state index in [0.29, 0.717) is 50.0 Å². The van der Waals surface area contributed by atoms with Gasteiger partial charge in [-0.2, -0.15) is 4.98 Å². The van der Waals surface area contributed by atoms with Crippen molar-refractivity contribution in [1.82, 2.24) is 19.9 Å². The maximum Gasteiger partial charge on any atom is 0.254 e. The zero-order chi connectivity index (χ0) is 21.1. The summed E-state index contributed by atoms with van der Waals surface area (Å²) < 4.78 is 24.1. The molecule has 2 aromatic carbocycles. The predicted octanol–water partition coefficient (Wildman–Crippen LogP) is 3.15. The number of aryl methyl sites for hydroxylation is 1. The maximum atomic E-state index is 13.5. The lowest BCUT2D eigenvalue weighted by molar-refractivity contribution is 0.0614. The van der Waals surface area contributed by atoms with Crippen LogP contribution in [0.2, 0.25) is 0 Å². The fourth-order valence-corrected chi connectivity index (χ4v) is 3.47. The Labute approximate surface area is 174 Å². The van der Waals surface area contributed by atoms with Crippen LogP contribution < -0.4 is 4.74 Å². The van der Waals surface area contributed by atoms with Gasteiger partial charge in [-0.25, -0.2) is 4.39 Å². The van der Waals surface area contributed by atoms with E-state index in [-0.39, 0.29) is 5.91 Å². The number of piperazine rings is 1. The average Bonchev–Trinajstić information content (AvgIpc) is 3.24. The molecule has 0 aliphatic carbocycles. The number of rotatable bonds is 5. The van der Waals surface area contributed by atoms with E-state index in [0.717, 1.165) is 16.9 Å². The molecule has 4 rings (SSSR count). The lowest BCUT2D eigenvalue weighted by Gasteiger charge is -2.34. The van der Waals surface area contributed by atoms with Crippen molar-refractivity contribution in [2.24, 2.45) is 0 Å². The molecule has 0 N–H and O–H groups in total. The van der Waals surface area contributed by atoms with Gasteiger partial charge in [0.05, 0.1) is 13.7 Å². The summed E-state index contributed by atoms with van der Waals surface area (Å²) in [5.41, 5.74) is 2.05. The van der Waals surface area contributed by atoms with Crippen LogP contribution in [0.25, 0.3) is 11.4 Å². The van der Waals surface area contributed by atoms with Crippen molar-refractivity contribution in [3.05, 3.63) is 65.3 Å². The summed E-state index contributed by atoms with van der Waals surface area (Å²) in [6.45, 7) is 4.83. The molecular formula is C22H23FN4O3. The Hall–Kier alpha value is -3.26. The minimum absolute atomic E-state index is 0.133. The Morgan fingerprint density at radius 1 is 1.13 bits per heavy atom. The van der Waals surface area contributed by atoms with Crippen molar-refractivity contribution >= 4 is 5.91 Å². The summed E-state index contributed by atoms with van der Waals surface area (Å²) in [6, 6.07) is 11.8. The first-order valence-corrected chi connectivity index (χ1v) is 9.78. The van der Waals surface area contributed by atoms with Crippen LogP contribution >= 0.6 is 0 Å². The average molecular weight is 410 g/mol. The molecule has 1 aliphatic heterocycles. The van der Waals surface area contributed by atoms with Crippen molar-refractivity contribution in [2.75, 3.05) is 33.3 Å². The number of carbonyl (C=O) groups is 1. The molecule has 1 saturated heterocycles. The second kappa shape index (κ2) is 8.62. The Balaban J connectivity index is 1.34. The van der Waals surface area contributed by atoms with Gasteiger partial charge in [0.1, 0.15) is 11.6 Å². The number of hydrogen-bond donors (Lipinski definition) is 0. The van der Waals surface area contributed by atoms with Gasteiger partial charge < -0.3 is 14.2 Å². The molecule has 30 heavy (non-hydrogen) atoms. The van der Waals surface area contributed by atoms with Gasteiger partial charge in [0.15, 0.2) is 0 Å². The van der Waals surface area contributed by atoms with Gasteiger partial charge in [0, 0.05) is 37.3 Å². The lowest BCUT2D eigenvalue weighted by atomic mass is 10.1. The largest absolute Gasteiger partial charge is 0.497 e. The number of ether oxygens (including phenoxy) is 1. The molecule has 0 atom stereocenters. The predicted molar refractivity (Wildman–Crippen MR) is 109 cm³/mol. The van der Waals surface area contributed by atoms with Gasteiger partial charge in [-0.15, -0.1) is 0 Å². The van der Waals surface area contributed by atoms with Crippen LogP contribution in [0.5, 0.6) is 5.75 Å². The quantitative estimate of drug-likeness (QED) is 0.644. The molecule has 2 heterocycles. The third-order valence-corrected chi connectivity index (χ3v) is 5.26. The first-order valence-electron chi connectivity index (χ1n) is 9.78. The van der Waals surface area contributed by atoms with Gasteiger partial charge in [-0.1, -0.05) is 11.2 Å². The monoisotopic (exact) mass is 410 g/mol. The van der Waals surface area contributed by atoms with Crippen LogP contribution in [0.15, 0.2) is 47.0 Å². The second-order valence-electron chi connectivity index (χ2n) is 7.27. The fraction of sp³-hybridized carbons (Fsp3) is 0.318. The number of amides is 1. The summed E-state index contributed by atoms with van der Waals surface area (Å²) in [6.07, 6.45) is 0. The molecule has 3 aromatic rings. The number of nitrogens with zero attached hydrogens (tertiary/aromatic N) is 4. The van der Waals surface area contributed by atoms with Gasteiger partial charge in [0.2, 0.25) is 11.7 Å². The summed E-state index contributed by atoms with van der Waals surface area (Å²) >= 11 is 0. The van der Waals surface area contributed by atoms with E-state index >= 15 is 0 Å². The SMILES string of the molecule is COc1ccc(-c2noc(CN3CCN(C(=O)c4cc(F)ccc4C)CC3)n2)cc1. The van der Waals surface area contributed by atoms with Gasteiger partial charge in [-0.3, -0.25) is 9.69 Å². The summed E-state index contributed by atoms with van der Waals surface area (Å²) in [7, 11) is 1.62. The van der Waals surface area contributed by atoms with Crippen molar-refractivity contribution in [3.8, 4) is 17.1 Å². The highest BCUT2D eigenvalue weighted by Crippen LogP contribution is 2.20. The van der Waals surface area contributed by atoms with Crippen molar-refractivity contribution in [1.29, 1.82) is 0 Å². The summed E-state index contributed by atoms with van der Waals surface area (Å²) in [4.78, 5) is 21.1. The second-order valence-corrected chi connectivity index (χ2v) is 7.27. The van der Waals surface area contributed by atoms with Crippen LogP contribution in [0, 0.1) is 12.7 Å². The number of carbonyl (C=O) groups excluding carboxylic acids is 1. The van der Waals surface area contributed by atoms with Crippen molar-refractivity contribution < 1.29 is 18.4 Å². The molecule has 0 bridgehead atoms. The Morgan fingerprint density at radius 2 is 1.87 bits per heavy atom. The molecule has 0 saturated carbocycles. The van der Waals surface area contributed by atoms with E-state index in [2.05, 4.69) is 15.0 Å². The van der Waals surface area contributed by atoms with Crippen LogP contribution in [-0.2, 0) is 6.54 Å². The highest BCUT2D eigenvalue weighted by molar-refractivity contribution is 5.95. The zero-order valence-corrected chi connectivity index (χ0v) is 17.0. The third kappa shape index (κ3) is 4.33. The lowest BCUT2D eigenvalue weighted by Crippen LogP contribution is -2.48. The zero-order valence-electron chi connectivity index (χ0n) is 17.0. The van der Waals surface area contributed by atoms with Crippen molar-refractivity contribution in [3.63, 3.8) is 0 Å². The number of halogens is 1. The molecular weight excluding hydrogens is 387 g/mol. The Kier molecular flexibility index (Phi) is 5.76. The topological polar surface area (TPSA) is 71.7 Å². The molecule has 7 nitrogen and oxygen atoms in total. The Morgan fingerprint density at radius 3 is 2.57 bits per heavy atom. The number of benzene rings is 2. The van der Waals surface area contributed by atoms with E-state index in [1.54, 1.807) is 18.1 Å². The van der Waals surface area contributed by atoms with E-state index < -0.39 is 5.82 Å². The van der Waals surface area contributed by atoms with Gasteiger partial charge >= 0.3 is 0 Å². The van der Waals surface area contributed by atoms with E-state index in [1.165, 1.54) is 12.1 Å². The molecule has 0 radical (unpaired) electrons. The molecule has 1 amide bonds. The first kappa shape index (κ1) is 20.0. The molecule has 0 spiro atoms.